The molecular weight excluding hydrogens is 418 g/mol. The summed E-state index contributed by atoms with van der Waals surface area (Å²) in [4.78, 5) is 16.1. The first-order valence-corrected chi connectivity index (χ1v) is 11.6. The molecule has 0 N–H and O–H groups in total. The summed E-state index contributed by atoms with van der Waals surface area (Å²) in [6.45, 7) is 3.47. The fraction of sp³-hybridized carbons (Fsp3) is 0.333. The van der Waals surface area contributed by atoms with Crippen LogP contribution in [0.2, 0.25) is 0 Å². The first-order valence-electron chi connectivity index (χ1n) is 9.72. The van der Waals surface area contributed by atoms with Crippen molar-refractivity contribution < 1.29 is 9.53 Å². The number of benzene rings is 2. The van der Waals surface area contributed by atoms with Gasteiger partial charge in [0.15, 0.2) is 0 Å². The molecule has 0 spiro atoms. The summed E-state index contributed by atoms with van der Waals surface area (Å²) in [5.74, 6) is 1.16. The molecule has 1 amide bonds. The molecule has 1 aliphatic rings. The maximum Gasteiger partial charge on any atom is 0.237 e. The second-order valence-corrected chi connectivity index (χ2v) is 9.41. The van der Waals surface area contributed by atoms with Crippen molar-refractivity contribution in [3.05, 3.63) is 54.1 Å². The van der Waals surface area contributed by atoms with Gasteiger partial charge < -0.3 is 9.64 Å². The lowest BCUT2D eigenvalue weighted by molar-refractivity contribution is -0.116. The van der Waals surface area contributed by atoms with E-state index in [2.05, 4.69) is 28.5 Å². The lowest BCUT2D eigenvalue weighted by Gasteiger charge is -2.22. The van der Waals surface area contributed by atoms with Gasteiger partial charge in [0, 0.05) is 16.7 Å². The Hall–Kier alpha value is -2.52. The molecule has 156 valence electrons. The van der Waals surface area contributed by atoms with Gasteiger partial charge in [0.1, 0.15) is 5.75 Å². The smallest absolute Gasteiger partial charge is 0.237 e. The van der Waals surface area contributed by atoms with Crippen LogP contribution in [0.3, 0.4) is 0 Å². The molecule has 3 aromatic rings. The summed E-state index contributed by atoms with van der Waals surface area (Å²) >= 11 is 3.20. The zero-order chi connectivity index (χ0) is 20.9. The number of fused-ring (bicyclic) bond motifs is 1. The van der Waals surface area contributed by atoms with Gasteiger partial charge in [-0.1, -0.05) is 43.0 Å². The van der Waals surface area contributed by atoms with Crippen LogP contribution in [0.15, 0.2) is 58.6 Å². The van der Waals surface area contributed by atoms with Crippen LogP contribution in [-0.2, 0) is 11.3 Å². The van der Waals surface area contributed by atoms with Crippen LogP contribution in [0.25, 0.3) is 0 Å². The number of hydrogen-bond donors (Lipinski definition) is 0. The number of aromatic nitrogens is 4. The Morgan fingerprint density at radius 2 is 2.03 bits per heavy atom. The van der Waals surface area contributed by atoms with Crippen molar-refractivity contribution in [1.29, 1.82) is 0 Å². The highest BCUT2D eigenvalue weighted by molar-refractivity contribution is 8.00. The van der Waals surface area contributed by atoms with E-state index in [9.17, 15) is 4.79 Å². The summed E-state index contributed by atoms with van der Waals surface area (Å²) in [5.41, 5.74) is 2.05. The number of thioether (sulfide) groups is 2. The average molecular weight is 442 g/mol. The molecule has 0 radical (unpaired) electrons. The average Bonchev–Trinajstić information content (AvgIpc) is 3.13. The molecule has 9 heteroatoms. The van der Waals surface area contributed by atoms with Crippen molar-refractivity contribution in [2.24, 2.45) is 0 Å². The van der Waals surface area contributed by atoms with Crippen molar-refractivity contribution in [2.75, 3.05) is 24.3 Å². The molecule has 0 fully saturated rings. The predicted molar refractivity (Wildman–Crippen MR) is 119 cm³/mol. The van der Waals surface area contributed by atoms with Crippen LogP contribution in [-0.4, -0.2) is 50.8 Å². The highest BCUT2D eigenvalue weighted by Crippen LogP contribution is 2.37. The van der Waals surface area contributed by atoms with Gasteiger partial charge in [-0.05, 0) is 46.7 Å². The summed E-state index contributed by atoms with van der Waals surface area (Å²) in [5, 5.41) is 13.1. The molecule has 30 heavy (non-hydrogen) atoms. The van der Waals surface area contributed by atoms with E-state index in [4.69, 9.17) is 4.74 Å². The van der Waals surface area contributed by atoms with Crippen LogP contribution in [0, 0.1) is 0 Å². The summed E-state index contributed by atoms with van der Waals surface area (Å²) in [6.07, 6.45) is 0.963. The number of methoxy groups -OCH3 is 1. The minimum absolute atomic E-state index is 0.0705. The number of rotatable bonds is 6. The fourth-order valence-electron chi connectivity index (χ4n) is 3.25. The number of hydrogen-bond acceptors (Lipinski definition) is 7. The third kappa shape index (κ3) is 4.79. The number of para-hydroxylation sites is 1. The van der Waals surface area contributed by atoms with Gasteiger partial charge in [-0.2, -0.15) is 0 Å². The standard InChI is InChI=1S/C21H23N5O2S2/c1-15-11-12-25(18-5-3-4-6-19(18)30-15)20(27)14-29-21-22-23-24-26(21)13-16-7-9-17(28-2)10-8-16/h3-10,15H,11-14H2,1-2H3/t15-/m0/s1. The summed E-state index contributed by atoms with van der Waals surface area (Å²) < 4.78 is 6.91. The maximum absolute atomic E-state index is 13.1. The van der Waals surface area contributed by atoms with Crippen molar-refractivity contribution in [3.8, 4) is 5.75 Å². The zero-order valence-electron chi connectivity index (χ0n) is 16.9. The van der Waals surface area contributed by atoms with Gasteiger partial charge in [0.2, 0.25) is 11.1 Å². The van der Waals surface area contributed by atoms with E-state index in [1.165, 1.54) is 11.8 Å². The lowest BCUT2D eigenvalue weighted by Crippen LogP contribution is -2.33. The van der Waals surface area contributed by atoms with Crippen LogP contribution in [0.1, 0.15) is 18.9 Å². The molecule has 2 aromatic carbocycles. The Balaban J connectivity index is 1.43. The fourth-order valence-corrected chi connectivity index (χ4v) is 5.12. The predicted octanol–water partition coefficient (Wildman–Crippen LogP) is 3.74. The Morgan fingerprint density at radius 3 is 2.83 bits per heavy atom. The molecule has 0 bridgehead atoms. The van der Waals surface area contributed by atoms with E-state index in [1.807, 2.05) is 59.1 Å². The summed E-state index contributed by atoms with van der Waals surface area (Å²) in [7, 11) is 1.64. The third-order valence-corrected chi connectivity index (χ3v) is 7.04. The number of nitrogens with zero attached hydrogens (tertiary/aromatic N) is 5. The third-order valence-electron chi connectivity index (χ3n) is 4.86. The van der Waals surface area contributed by atoms with Crippen LogP contribution < -0.4 is 9.64 Å². The van der Waals surface area contributed by atoms with E-state index in [-0.39, 0.29) is 11.7 Å². The van der Waals surface area contributed by atoms with Crippen LogP contribution in [0.5, 0.6) is 5.75 Å². The molecule has 4 rings (SSSR count). The van der Waals surface area contributed by atoms with Gasteiger partial charge in [-0.15, -0.1) is 16.9 Å². The van der Waals surface area contributed by atoms with Gasteiger partial charge >= 0.3 is 0 Å². The molecule has 0 saturated carbocycles. The minimum Gasteiger partial charge on any atom is -0.497 e. The lowest BCUT2D eigenvalue weighted by atomic mass is 10.2. The largest absolute Gasteiger partial charge is 0.497 e. The highest BCUT2D eigenvalue weighted by Gasteiger charge is 2.24. The quantitative estimate of drug-likeness (QED) is 0.540. The van der Waals surface area contributed by atoms with Crippen LogP contribution >= 0.6 is 23.5 Å². The maximum atomic E-state index is 13.1. The molecule has 0 aliphatic carbocycles. The first kappa shape index (κ1) is 20.7. The van der Waals surface area contributed by atoms with Gasteiger partial charge in [-0.25, -0.2) is 4.68 Å². The van der Waals surface area contributed by atoms with E-state index < -0.39 is 0 Å². The monoisotopic (exact) mass is 441 g/mol. The number of amides is 1. The SMILES string of the molecule is COc1ccc(Cn2nnnc2SCC(=O)N2CC[C@H](C)Sc3ccccc32)cc1. The molecule has 0 saturated heterocycles. The Bertz CT molecular complexity index is 1010. The second kappa shape index (κ2) is 9.53. The van der Waals surface area contributed by atoms with E-state index >= 15 is 0 Å². The van der Waals surface area contributed by atoms with E-state index in [1.54, 1.807) is 11.8 Å². The van der Waals surface area contributed by atoms with Crippen LogP contribution in [0.4, 0.5) is 5.69 Å². The Kier molecular flexibility index (Phi) is 6.59. The van der Waals surface area contributed by atoms with Gasteiger partial charge in [0.05, 0.1) is 25.1 Å². The zero-order valence-corrected chi connectivity index (χ0v) is 18.5. The van der Waals surface area contributed by atoms with Gasteiger partial charge in [-0.3, -0.25) is 4.79 Å². The molecule has 2 heterocycles. The highest BCUT2D eigenvalue weighted by atomic mass is 32.2. The van der Waals surface area contributed by atoms with Crippen molar-refractivity contribution in [1.82, 2.24) is 20.2 Å². The minimum atomic E-state index is 0.0705. The normalized spacial score (nSPS) is 16.1. The molecule has 1 aromatic heterocycles. The number of tetrazole rings is 1. The summed E-state index contributed by atoms with van der Waals surface area (Å²) in [6, 6.07) is 15.9. The van der Waals surface area contributed by atoms with Crippen molar-refractivity contribution in [3.63, 3.8) is 0 Å². The molecule has 7 nitrogen and oxygen atoms in total. The first-order chi connectivity index (χ1) is 14.6. The number of ether oxygens (including phenoxy) is 1. The number of carbonyl (C=O) groups excluding carboxylic acids is 1. The Labute approximate surface area is 184 Å². The molecular formula is C21H23N5O2S2. The molecule has 1 aliphatic heterocycles. The number of anilines is 1. The van der Waals surface area contributed by atoms with Crippen molar-refractivity contribution in [2.45, 2.75) is 35.2 Å². The molecule has 1 atom stereocenters. The van der Waals surface area contributed by atoms with Gasteiger partial charge in [0.25, 0.3) is 0 Å². The van der Waals surface area contributed by atoms with E-state index in [0.29, 0.717) is 17.0 Å². The second-order valence-electron chi connectivity index (χ2n) is 6.99. The number of carbonyl (C=O) groups is 1. The van der Waals surface area contributed by atoms with Crippen molar-refractivity contribution >= 4 is 35.1 Å². The molecule has 0 unspecified atom stereocenters. The van der Waals surface area contributed by atoms with E-state index in [0.717, 1.165) is 34.9 Å². The Morgan fingerprint density at radius 1 is 1.23 bits per heavy atom. The topological polar surface area (TPSA) is 73.1 Å².